The van der Waals surface area contributed by atoms with Gasteiger partial charge >= 0.3 is 7.82 Å². The van der Waals surface area contributed by atoms with E-state index in [0.29, 0.717) is 6.04 Å². The first-order valence-electron chi connectivity index (χ1n) is 6.85. The Balaban J connectivity index is 0.000000763. The molecular formula is C14H25N2O5P. The summed E-state index contributed by atoms with van der Waals surface area (Å²) in [6.45, 7) is 6.18. The molecule has 0 aromatic carbocycles. The SMILES string of the molecule is CN[C@@H](C)C/C=C/c1cncc(OC(C)C)c1.O=P(O)(O)O. The molecule has 0 aliphatic rings. The lowest BCUT2D eigenvalue weighted by molar-refractivity contribution is 0.241. The van der Waals surface area contributed by atoms with E-state index < -0.39 is 7.82 Å². The highest BCUT2D eigenvalue weighted by Crippen LogP contribution is 2.25. The number of nitrogens with zero attached hydrogens (tertiary/aromatic N) is 1. The van der Waals surface area contributed by atoms with Crippen LogP contribution >= 0.6 is 7.82 Å². The third kappa shape index (κ3) is 13.7. The van der Waals surface area contributed by atoms with Crippen LogP contribution in [0.2, 0.25) is 0 Å². The van der Waals surface area contributed by atoms with E-state index in [1.807, 2.05) is 33.2 Å². The van der Waals surface area contributed by atoms with Crippen molar-refractivity contribution in [1.82, 2.24) is 10.3 Å². The number of ether oxygens (including phenoxy) is 1. The van der Waals surface area contributed by atoms with Crippen molar-refractivity contribution in [3.05, 3.63) is 30.1 Å². The first-order valence-corrected chi connectivity index (χ1v) is 8.42. The molecule has 0 saturated heterocycles. The van der Waals surface area contributed by atoms with Gasteiger partial charge in [0, 0.05) is 12.2 Å². The zero-order chi connectivity index (χ0) is 17.2. The number of hydrogen-bond donors (Lipinski definition) is 4. The summed E-state index contributed by atoms with van der Waals surface area (Å²) in [6.07, 6.45) is 9.00. The highest BCUT2D eigenvalue weighted by molar-refractivity contribution is 7.45. The van der Waals surface area contributed by atoms with Crippen molar-refractivity contribution in [3.8, 4) is 5.75 Å². The number of rotatable bonds is 6. The summed E-state index contributed by atoms with van der Waals surface area (Å²) in [4.78, 5) is 25.7. The fourth-order valence-corrected chi connectivity index (χ4v) is 1.39. The highest BCUT2D eigenvalue weighted by atomic mass is 31.2. The molecule has 1 atom stereocenters. The fraction of sp³-hybridized carbons (Fsp3) is 0.500. The van der Waals surface area contributed by atoms with Gasteiger partial charge in [-0.2, -0.15) is 0 Å². The topological polar surface area (TPSA) is 112 Å². The van der Waals surface area contributed by atoms with Crippen LogP contribution in [0.5, 0.6) is 5.75 Å². The van der Waals surface area contributed by atoms with Crippen LogP contribution in [0.25, 0.3) is 6.08 Å². The molecule has 0 bridgehead atoms. The third-order valence-corrected chi connectivity index (χ3v) is 2.40. The summed E-state index contributed by atoms with van der Waals surface area (Å²) in [7, 11) is -2.67. The molecule has 126 valence electrons. The van der Waals surface area contributed by atoms with Crippen LogP contribution in [-0.4, -0.2) is 38.9 Å². The molecule has 0 aliphatic heterocycles. The second kappa shape index (κ2) is 10.5. The number of hydrogen-bond acceptors (Lipinski definition) is 4. The molecule has 4 N–H and O–H groups in total. The summed E-state index contributed by atoms with van der Waals surface area (Å²) in [5.41, 5.74) is 1.08. The Bertz CT molecular complexity index is 493. The Morgan fingerprint density at radius 3 is 2.41 bits per heavy atom. The summed E-state index contributed by atoms with van der Waals surface area (Å²) in [5.74, 6) is 0.823. The molecule has 0 unspecified atom stereocenters. The van der Waals surface area contributed by atoms with Crippen molar-refractivity contribution in [2.45, 2.75) is 39.3 Å². The van der Waals surface area contributed by atoms with E-state index >= 15 is 0 Å². The molecule has 0 fully saturated rings. The van der Waals surface area contributed by atoms with Crippen LogP contribution in [0.1, 0.15) is 32.8 Å². The highest BCUT2D eigenvalue weighted by Gasteiger charge is 2.00. The fourth-order valence-electron chi connectivity index (χ4n) is 1.39. The van der Waals surface area contributed by atoms with Crippen molar-refractivity contribution in [1.29, 1.82) is 0 Å². The van der Waals surface area contributed by atoms with Crippen LogP contribution in [0.4, 0.5) is 0 Å². The van der Waals surface area contributed by atoms with E-state index in [9.17, 15) is 0 Å². The van der Waals surface area contributed by atoms with E-state index in [-0.39, 0.29) is 6.10 Å². The van der Waals surface area contributed by atoms with Crippen molar-refractivity contribution in [3.63, 3.8) is 0 Å². The largest absolute Gasteiger partial charge is 0.489 e. The average molecular weight is 332 g/mol. The molecule has 0 aliphatic carbocycles. The number of aromatic nitrogens is 1. The van der Waals surface area contributed by atoms with Gasteiger partial charge in [-0.05, 0) is 45.9 Å². The zero-order valence-electron chi connectivity index (χ0n) is 13.3. The van der Waals surface area contributed by atoms with Gasteiger partial charge in [-0.25, -0.2) is 4.57 Å². The maximum atomic E-state index is 8.88. The molecule has 1 rings (SSSR count). The average Bonchev–Trinajstić information content (AvgIpc) is 2.36. The Hall–Kier alpha value is -1.24. The lowest BCUT2D eigenvalue weighted by Crippen LogP contribution is -2.19. The molecule has 0 saturated carbocycles. The van der Waals surface area contributed by atoms with E-state index in [1.54, 1.807) is 6.20 Å². The van der Waals surface area contributed by atoms with Gasteiger partial charge < -0.3 is 24.7 Å². The second-order valence-electron chi connectivity index (χ2n) is 4.96. The normalized spacial score (nSPS) is 12.9. The molecule has 0 radical (unpaired) electrons. The van der Waals surface area contributed by atoms with Gasteiger partial charge in [0.1, 0.15) is 5.75 Å². The summed E-state index contributed by atoms with van der Waals surface area (Å²) >= 11 is 0. The van der Waals surface area contributed by atoms with E-state index in [2.05, 4.69) is 29.4 Å². The van der Waals surface area contributed by atoms with Gasteiger partial charge in [-0.15, -0.1) is 0 Å². The molecule has 0 amide bonds. The third-order valence-electron chi connectivity index (χ3n) is 2.40. The van der Waals surface area contributed by atoms with Crippen LogP contribution in [-0.2, 0) is 4.57 Å². The van der Waals surface area contributed by atoms with Crippen molar-refractivity contribution < 1.29 is 24.0 Å². The van der Waals surface area contributed by atoms with E-state index in [1.165, 1.54) is 0 Å². The Morgan fingerprint density at radius 1 is 1.32 bits per heavy atom. The molecule has 1 heterocycles. The molecule has 0 spiro atoms. The van der Waals surface area contributed by atoms with Gasteiger partial charge in [0.05, 0.1) is 12.3 Å². The summed E-state index contributed by atoms with van der Waals surface area (Å²) in [6, 6.07) is 2.50. The predicted octanol–water partition coefficient (Wildman–Crippen LogP) is 1.95. The van der Waals surface area contributed by atoms with Crippen molar-refractivity contribution in [2.75, 3.05) is 7.05 Å². The first kappa shape index (κ1) is 20.8. The monoisotopic (exact) mass is 332 g/mol. The molecule has 1 aromatic rings. The number of nitrogens with one attached hydrogen (secondary N) is 1. The zero-order valence-corrected chi connectivity index (χ0v) is 14.2. The van der Waals surface area contributed by atoms with E-state index in [4.69, 9.17) is 24.0 Å². The van der Waals surface area contributed by atoms with Crippen LogP contribution in [0.3, 0.4) is 0 Å². The molecule has 7 nitrogen and oxygen atoms in total. The van der Waals surface area contributed by atoms with Gasteiger partial charge in [0.2, 0.25) is 0 Å². The quantitative estimate of drug-likeness (QED) is 0.589. The van der Waals surface area contributed by atoms with Crippen LogP contribution in [0, 0.1) is 0 Å². The standard InChI is InChI=1S/C14H22N2O.H3O4P/c1-11(2)17-14-8-13(9-16-10-14)7-5-6-12(3)15-4;1-5(2,3)4/h5,7-12,15H,6H2,1-4H3;(H3,1,2,3,4)/b7-5+;/t12-;/m0./s1. The van der Waals surface area contributed by atoms with Gasteiger partial charge in [0.25, 0.3) is 0 Å². The Labute approximate surface area is 131 Å². The summed E-state index contributed by atoms with van der Waals surface area (Å²) < 4.78 is 14.5. The minimum Gasteiger partial charge on any atom is -0.489 e. The van der Waals surface area contributed by atoms with Gasteiger partial charge in [0.15, 0.2) is 0 Å². The molecule has 22 heavy (non-hydrogen) atoms. The van der Waals surface area contributed by atoms with Crippen molar-refractivity contribution in [2.24, 2.45) is 0 Å². The van der Waals surface area contributed by atoms with Gasteiger partial charge in [-0.1, -0.05) is 12.2 Å². The van der Waals surface area contributed by atoms with Crippen LogP contribution < -0.4 is 10.1 Å². The minimum atomic E-state index is -4.64. The van der Waals surface area contributed by atoms with Crippen LogP contribution in [0.15, 0.2) is 24.5 Å². The predicted molar refractivity (Wildman–Crippen MR) is 86.4 cm³/mol. The minimum absolute atomic E-state index is 0.181. The smallest absolute Gasteiger partial charge is 0.466 e. The maximum absolute atomic E-state index is 8.88. The molecule has 8 heteroatoms. The maximum Gasteiger partial charge on any atom is 0.466 e. The lowest BCUT2D eigenvalue weighted by Gasteiger charge is -2.09. The molecular weight excluding hydrogens is 307 g/mol. The Kier molecular flexibility index (Phi) is 9.89. The second-order valence-corrected chi connectivity index (χ2v) is 5.99. The number of pyridine rings is 1. The molecule has 1 aromatic heterocycles. The van der Waals surface area contributed by atoms with E-state index in [0.717, 1.165) is 17.7 Å². The Morgan fingerprint density at radius 2 is 1.91 bits per heavy atom. The van der Waals surface area contributed by atoms with Crippen molar-refractivity contribution >= 4 is 13.9 Å². The first-order chi connectivity index (χ1) is 10.1. The summed E-state index contributed by atoms with van der Waals surface area (Å²) in [5, 5.41) is 3.20. The number of phosphoric acid groups is 1. The van der Waals surface area contributed by atoms with Gasteiger partial charge in [-0.3, -0.25) is 4.98 Å². The lowest BCUT2D eigenvalue weighted by atomic mass is 10.2.